The van der Waals surface area contributed by atoms with Gasteiger partial charge in [0.15, 0.2) is 11.0 Å². The van der Waals surface area contributed by atoms with Crippen molar-refractivity contribution < 1.29 is 9.59 Å². The first kappa shape index (κ1) is 19.9. The highest BCUT2D eigenvalue weighted by molar-refractivity contribution is 7.99. The maximum absolute atomic E-state index is 12.4. The van der Waals surface area contributed by atoms with Crippen LogP contribution in [-0.2, 0) is 16.1 Å². The van der Waals surface area contributed by atoms with Crippen LogP contribution in [0, 0.1) is 5.92 Å². The van der Waals surface area contributed by atoms with Crippen LogP contribution < -0.4 is 11.1 Å². The molecular formula is C18H25N5O2S2. The molecule has 27 heavy (non-hydrogen) atoms. The van der Waals surface area contributed by atoms with Crippen LogP contribution in [0.2, 0.25) is 0 Å². The number of hydrogen-bond donors (Lipinski definition) is 2. The van der Waals surface area contributed by atoms with Gasteiger partial charge in [-0.25, -0.2) is 0 Å². The number of thioether (sulfide) groups is 1. The molecule has 1 fully saturated rings. The minimum atomic E-state index is -0.374. The largest absolute Gasteiger partial charge is 0.370 e. The zero-order valence-electron chi connectivity index (χ0n) is 15.4. The Labute approximate surface area is 167 Å². The molecule has 2 aromatic heterocycles. The smallest absolute Gasteiger partial charge is 0.230 e. The number of carbonyl (C=O) groups is 2. The quantitative estimate of drug-likeness (QED) is 0.655. The summed E-state index contributed by atoms with van der Waals surface area (Å²) in [5, 5.41) is 14.2. The molecule has 1 aliphatic rings. The number of nitrogens with zero attached hydrogens (tertiary/aromatic N) is 3. The topological polar surface area (TPSA) is 103 Å². The third kappa shape index (κ3) is 5.32. The van der Waals surface area contributed by atoms with Crippen molar-refractivity contribution in [1.82, 2.24) is 20.1 Å². The van der Waals surface area contributed by atoms with Crippen LogP contribution in [0.5, 0.6) is 0 Å². The molecule has 3 rings (SSSR count). The number of primary amides is 1. The number of amides is 2. The highest BCUT2D eigenvalue weighted by Crippen LogP contribution is 2.28. The Morgan fingerprint density at radius 3 is 2.89 bits per heavy atom. The zero-order chi connectivity index (χ0) is 19.2. The molecule has 2 atom stereocenters. The van der Waals surface area contributed by atoms with Crippen molar-refractivity contribution in [2.24, 2.45) is 11.7 Å². The third-order valence-electron chi connectivity index (χ3n) is 4.83. The fourth-order valence-corrected chi connectivity index (χ4v) is 4.81. The monoisotopic (exact) mass is 407 g/mol. The van der Waals surface area contributed by atoms with Crippen LogP contribution >= 0.6 is 23.1 Å². The third-order valence-corrected chi connectivity index (χ3v) is 6.66. The van der Waals surface area contributed by atoms with Crippen LogP contribution in [0.15, 0.2) is 22.7 Å². The summed E-state index contributed by atoms with van der Waals surface area (Å²) in [5.41, 5.74) is 5.31. The number of nitrogens with two attached hydrogens (primary N) is 1. The number of aromatic nitrogens is 3. The standard InChI is InChI=1S/C18H25N5O2S2/c1-12-5-2-3-6-13(12)20-16(25)11-27-18-22-21-17(14-7-4-10-26-14)23(18)9-8-15(19)24/h4,7,10,12-13H,2-3,5-6,8-9,11H2,1H3,(H2,19,24)(H,20,25). The minimum Gasteiger partial charge on any atom is -0.370 e. The zero-order valence-corrected chi connectivity index (χ0v) is 17.0. The molecule has 0 saturated heterocycles. The molecule has 2 unspecified atom stereocenters. The molecule has 3 N–H and O–H groups in total. The van der Waals surface area contributed by atoms with Crippen molar-refractivity contribution >= 4 is 34.9 Å². The Hall–Kier alpha value is -1.87. The van der Waals surface area contributed by atoms with Crippen LogP contribution in [0.25, 0.3) is 10.7 Å². The Kier molecular flexibility index (Phi) is 6.89. The van der Waals surface area contributed by atoms with E-state index in [0.29, 0.717) is 23.4 Å². The molecule has 1 saturated carbocycles. The average Bonchev–Trinajstić information content (AvgIpc) is 3.29. The Bertz CT molecular complexity index is 775. The number of rotatable bonds is 8. The van der Waals surface area contributed by atoms with Gasteiger partial charge >= 0.3 is 0 Å². The minimum absolute atomic E-state index is 0.0147. The fourth-order valence-electron chi connectivity index (χ4n) is 3.32. The summed E-state index contributed by atoms with van der Waals surface area (Å²) in [6, 6.07) is 4.17. The molecule has 2 heterocycles. The second-order valence-electron chi connectivity index (χ2n) is 6.88. The van der Waals surface area contributed by atoms with Gasteiger partial charge in [-0.2, -0.15) is 0 Å². The van der Waals surface area contributed by atoms with Crippen molar-refractivity contribution in [3.8, 4) is 10.7 Å². The molecule has 0 aliphatic heterocycles. The van der Waals surface area contributed by atoms with Gasteiger partial charge in [0.2, 0.25) is 11.8 Å². The highest BCUT2D eigenvalue weighted by Gasteiger charge is 2.23. The maximum Gasteiger partial charge on any atom is 0.230 e. The predicted octanol–water partition coefficient (Wildman–Crippen LogP) is 2.67. The molecule has 0 bridgehead atoms. The molecule has 2 amide bonds. The summed E-state index contributed by atoms with van der Waals surface area (Å²) in [4.78, 5) is 24.6. The van der Waals surface area contributed by atoms with Crippen molar-refractivity contribution in [3.63, 3.8) is 0 Å². The van der Waals surface area contributed by atoms with Crippen LogP contribution in [0.4, 0.5) is 0 Å². The number of hydrogen-bond acceptors (Lipinski definition) is 6. The summed E-state index contributed by atoms with van der Waals surface area (Å²) in [5.74, 6) is 1.15. The molecule has 2 aromatic rings. The molecular weight excluding hydrogens is 382 g/mol. The number of thiophene rings is 1. The first-order valence-electron chi connectivity index (χ1n) is 9.22. The van der Waals surface area contributed by atoms with E-state index in [-0.39, 0.29) is 30.0 Å². The normalized spacial score (nSPS) is 19.7. The molecule has 0 aromatic carbocycles. The van der Waals surface area contributed by atoms with E-state index in [0.717, 1.165) is 11.3 Å². The average molecular weight is 408 g/mol. The molecule has 7 nitrogen and oxygen atoms in total. The van der Waals surface area contributed by atoms with Crippen molar-refractivity contribution in [2.75, 3.05) is 5.75 Å². The summed E-state index contributed by atoms with van der Waals surface area (Å²) < 4.78 is 1.87. The molecule has 146 valence electrons. The summed E-state index contributed by atoms with van der Waals surface area (Å²) in [7, 11) is 0. The van der Waals surface area contributed by atoms with E-state index in [1.54, 1.807) is 11.3 Å². The summed E-state index contributed by atoms with van der Waals surface area (Å²) in [6.45, 7) is 2.60. The van der Waals surface area contributed by atoms with Crippen molar-refractivity contribution in [3.05, 3.63) is 17.5 Å². The summed E-state index contributed by atoms with van der Waals surface area (Å²) >= 11 is 2.90. The van der Waals surface area contributed by atoms with Crippen LogP contribution in [-0.4, -0.2) is 38.4 Å². The van der Waals surface area contributed by atoms with Crippen molar-refractivity contribution in [1.29, 1.82) is 0 Å². The molecule has 9 heteroatoms. The Morgan fingerprint density at radius 1 is 1.37 bits per heavy atom. The predicted molar refractivity (Wildman–Crippen MR) is 107 cm³/mol. The summed E-state index contributed by atoms with van der Waals surface area (Å²) in [6.07, 6.45) is 4.85. The first-order valence-corrected chi connectivity index (χ1v) is 11.1. The Balaban J connectivity index is 1.65. The lowest BCUT2D eigenvalue weighted by Crippen LogP contribution is -2.41. The van der Waals surface area contributed by atoms with E-state index in [1.165, 1.54) is 31.0 Å². The van der Waals surface area contributed by atoms with E-state index in [1.807, 2.05) is 22.1 Å². The van der Waals surface area contributed by atoms with Gasteiger partial charge in [-0.1, -0.05) is 37.6 Å². The van der Waals surface area contributed by atoms with Gasteiger partial charge in [-0.15, -0.1) is 21.5 Å². The van der Waals surface area contributed by atoms with E-state index < -0.39 is 0 Å². The lowest BCUT2D eigenvalue weighted by Gasteiger charge is -2.29. The lowest BCUT2D eigenvalue weighted by molar-refractivity contribution is -0.120. The lowest BCUT2D eigenvalue weighted by atomic mass is 9.86. The highest BCUT2D eigenvalue weighted by atomic mass is 32.2. The second kappa shape index (κ2) is 9.36. The first-order chi connectivity index (χ1) is 13.0. The number of carbonyl (C=O) groups excluding carboxylic acids is 2. The van der Waals surface area contributed by atoms with Crippen molar-refractivity contribution in [2.45, 2.75) is 56.8 Å². The van der Waals surface area contributed by atoms with E-state index in [2.05, 4.69) is 22.4 Å². The van der Waals surface area contributed by atoms with Gasteiger partial charge in [0.1, 0.15) is 0 Å². The van der Waals surface area contributed by atoms with Crippen LogP contribution in [0.1, 0.15) is 39.0 Å². The van der Waals surface area contributed by atoms with Gasteiger partial charge < -0.3 is 15.6 Å². The Morgan fingerprint density at radius 2 is 2.19 bits per heavy atom. The van der Waals surface area contributed by atoms with E-state index >= 15 is 0 Å². The van der Waals surface area contributed by atoms with Gasteiger partial charge in [0.25, 0.3) is 0 Å². The van der Waals surface area contributed by atoms with Gasteiger partial charge in [0, 0.05) is 19.0 Å². The fraction of sp³-hybridized carbons (Fsp3) is 0.556. The van der Waals surface area contributed by atoms with Gasteiger partial charge in [-0.3, -0.25) is 9.59 Å². The van der Waals surface area contributed by atoms with E-state index in [4.69, 9.17) is 5.73 Å². The van der Waals surface area contributed by atoms with Crippen LogP contribution in [0.3, 0.4) is 0 Å². The van der Waals surface area contributed by atoms with Gasteiger partial charge in [-0.05, 0) is 30.2 Å². The SMILES string of the molecule is CC1CCCCC1NC(=O)CSc1nnc(-c2cccs2)n1CCC(N)=O. The maximum atomic E-state index is 12.4. The van der Waals surface area contributed by atoms with E-state index in [9.17, 15) is 9.59 Å². The molecule has 0 radical (unpaired) electrons. The molecule has 1 aliphatic carbocycles. The molecule has 0 spiro atoms. The number of nitrogens with one attached hydrogen (secondary N) is 1. The second-order valence-corrected chi connectivity index (χ2v) is 8.77. The van der Waals surface area contributed by atoms with Gasteiger partial charge in [0.05, 0.1) is 10.6 Å².